The number of guanidine groups is 1. The molecule has 3 heterocycles. The minimum Gasteiger partial charge on any atom is -0.478 e. The topological polar surface area (TPSA) is 171 Å². The summed E-state index contributed by atoms with van der Waals surface area (Å²) in [7, 11) is 0. The number of aromatic nitrogens is 2. The molecule has 10 nitrogen and oxygen atoms in total. The Morgan fingerprint density at radius 2 is 1.86 bits per heavy atom. The highest BCUT2D eigenvalue weighted by molar-refractivity contribution is 7.13. The minimum absolute atomic E-state index is 0.0377. The summed E-state index contributed by atoms with van der Waals surface area (Å²) in [6, 6.07) is 2.16. The Labute approximate surface area is 171 Å². The molecule has 11 heteroatoms. The third-order valence-corrected chi connectivity index (χ3v) is 4.70. The number of likely N-dealkylation sites (tertiary alicyclic amines) is 1. The highest BCUT2D eigenvalue weighted by Crippen LogP contribution is 2.27. The molecule has 0 amide bonds. The molecule has 0 saturated carbocycles. The number of aliphatic imine (C=N–C) groups is 1. The lowest BCUT2D eigenvalue weighted by molar-refractivity contribution is -0.134. The van der Waals surface area contributed by atoms with E-state index in [1.165, 1.54) is 49.4 Å². The Balaban J connectivity index is 0.000000321. The van der Waals surface area contributed by atoms with Crippen molar-refractivity contribution >= 4 is 34.4 Å². The number of piperidine rings is 1. The first-order valence-electron chi connectivity index (χ1n) is 8.92. The molecule has 1 aliphatic rings. The van der Waals surface area contributed by atoms with Crippen LogP contribution in [-0.4, -0.2) is 56.1 Å². The lowest BCUT2D eigenvalue weighted by atomic mass is 10.1. The molecule has 2 aromatic rings. The summed E-state index contributed by atoms with van der Waals surface area (Å²) < 4.78 is 0. The third kappa shape index (κ3) is 8.15. The van der Waals surface area contributed by atoms with Gasteiger partial charge in [0, 0.05) is 41.5 Å². The van der Waals surface area contributed by atoms with Gasteiger partial charge in [0.1, 0.15) is 0 Å². The summed E-state index contributed by atoms with van der Waals surface area (Å²) >= 11 is 1.43. The number of thiazole rings is 1. The van der Waals surface area contributed by atoms with Crippen LogP contribution in [0.3, 0.4) is 0 Å². The standard InChI is InChI=1S/C14H20N6S.C4H4O4/c15-13(16)19-14-18-12(9-21-14)10-6-11(17-7-10)8-20-4-2-1-3-5-20;5-3(6)1-2-4(7)8/h6-7,9,17H,1-5,8H2,(H4,15,16,18,19);1-2H,(H,5,6)(H,7,8)/b;2-1-. The summed E-state index contributed by atoms with van der Waals surface area (Å²) in [6.07, 6.45) is 7.08. The zero-order valence-electron chi connectivity index (χ0n) is 15.7. The van der Waals surface area contributed by atoms with Crippen LogP contribution in [0.5, 0.6) is 0 Å². The van der Waals surface area contributed by atoms with E-state index >= 15 is 0 Å². The largest absolute Gasteiger partial charge is 0.478 e. The second kappa shape index (κ2) is 11.0. The number of nitrogens with zero attached hydrogens (tertiary/aromatic N) is 3. The molecule has 0 aromatic carbocycles. The van der Waals surface area contributed by atoms with Crippen LogP contribution in [0.15, 0.2) is 34.8 Å². The van der Waals surface area contributed by atoms with Crippen LogP contribution in [0.25, 0.3) is 11.3 Å². The number of carboxylic acids is 2. The second-order valence-corrected chi connectivity index (χ2v) is 7.15. The number of carboxylic acid groups (broad SMARTS) is 2. The van der Waals surface area contributed by atoms with Gasteiger partial charge in [0.2, 0.25) is 5.13 Å². The van der Waals surface area contributed by atoms with Gasteiger partial charge in [-0.1, -0.05) is 6.42 Å². The van der Waals surface area contributed by atoms with Gasteiger partial charge in [-0.2, -0.15) is 4.99 Å². The molecular formula is C18H24N6O4S. The van der Waals surface area contributed by atoms with Crippen molar-refractivity contribution in [2.45, 2.75) is 25.8 Å². The number of H-pyrrole nitrogens is 1. The summed E-state index contributed by atoms with van der Waals surface area (Å²) in [6.45, 7) is 3.37. The SMILES string of the molecule is NC(N)=Nc1nc(-c2c[nH]c(CN3CCCCC3)c2)cs1.O=C(O)/C=C\C(=O)O. The number of nitrogens with two attached hydrogens (primary N) is 2. The van der Waals surface area contributed by atoms with E-state index in [1.54, 1.807) is 0 Å². The number of rotatable bonds is 6. The monoisotopic (exact) mass is 420 g/mol. The number of hydrogen-bond acceptors (Lipinski definition) is 6. The molecule has 1 fully saturated rings. The molecule has 3 rings (SSSR count). The first-order chi connectivity index (χ1) is 13.8. The van der Waals surface area contributed by atoms with Gasteiger partial charge in [0.05, 0.1) is 5.69 Å². The predicted octanol–water partition coefficient (Wildman–Crippen LogP) is 1.74. The molecular weight excluding hydrogens is 396 g/mol. The van der Waals surface area contributed by atoms with E-state index in [0.29, 0.717) is 17.3 Å². The maximum atomic E-state index is 9.55. The Bertz CT molecular complexity index is 863. The van der Waals surface area contributed by atoms with Crippen LogP contribution in [0.4, 0.5) is 5.13 Å². The average molecular weight is 420 g/mol. The second-order valence-electron chi connectivity index (χ2n) is 6.31. The molecule has 1 saturated heterocycles. The zero-order valence-corrected chi connectivity index (χ0v) is 16.6. The molecule has 156 valence electrons. The van der Waals surface area contributed by atoms with Crippen LogP contribution >= 0.6 is 11.3 Å². The van der Waals surface area contributed by atoms with E-state index in [4.69, 9.17) is 21.7 Å². The van der Waals surface area contributed by atoms with E-state index in [2.05, 4.69) is 25.9 Å². The van der Waals surface area contributed by atoms with Gasteiger partial charge in [-0.15, -0.1) is 11.3 Å². The molecule has 0 radical (unpaired) electrons. The Morgan fingerprint density at radius 1 is 1.21 bits per heavy atom. The van der Waals surface area contributed by atoms with E-state index in [-0.39, 0.29) is 5.96 Å². The zero-order chi connectivity index (χ0) is 21.2. The van der Waals surface area contributed by atoms with Crippen molar-refractivity contribution in [3.8, 4) is 11.3 Å². The maximum absolute atomic E-state index is 9.55. The van der Waals surface area contributed by atoms with Gasteiger partial charge in [-0.05, 0) is 32.0 Å². The highest BCUT2D eigenvalue weighted by atomic mass is 32.1. The number of aliphatic carboxylic acids is 2. The van der Waals surface area contributed by atoms with Gasteiger partial charge in [0.15, 0.2) is 5.96 Å². The van der Waals surface area contributed by atoms with Crippen molar-refractivity contribution in [1.82, 2.24) is 14.9 Å². The van der Waals surface area contributed by atoms with E-state index in [0.717, 1.165) is 17.8 Å². The van der Waals surface area contributed by atoms with Crippen molar-refractivity contribution < 1.29 is 19.8 Å². The van der Waals surface area contributed by atoms with E-state index < -0.39 is 11.9 Å². The van der Waals surface area contributed by atoms with Crippen molar-refractivity contribution in [2.24, 2.45) is 16.5 Å². The molecule has 0 spiro atoms. The van der Waals surface area contributed by atoms with Crippen molar-refractivity contribution in [2.75, 3.05) is 13.1 Å². The number of hydrogen-bond donors (Lipinski definition) is 5. The summed E-state index contributed by atoms with van der Waals surface area (Å²) in [5.74, 6) is -2.48. The Morgan fingerprint density at radius 3 is 2.45 bits per heavy atom. The van der Waals surface area contributed by atoms with Crippen LogP contribution in [0.1, 0.15) is 25.0 Å². The first kappa shape index (κ1) is 22.1. The Hall–Kier alpha value is -3.18. The molecule has 2 aromatic heterocycles. The number of aromatic amines is 1. The number of carbonyl (C=O) groups is 2. The van der Waals surface area contributed by atoms with Crippen LogP contribution < -0.4 is 11.5 Å². The van der Waals surface area contributed by atoms with Gasteiger partial charge in [0.25, 0.3) is 0 Å². The Kier molecular flexibility index (Phi) is 8.37. The van der Waals surface area contributed by atoms with Crippen LogP contribution in [0, 0.1) is 0 Å². The molecule has 29 heavy (non-hydrogen) atoms. The third-order valence-electron chi connectivity index (χ3n) is 3.97. The van der Waals surface area contributed by atoms with Crippen molar-refractivity contribution in [3.05, 3.63) is 35.5 Å². The molecule has 0 bridgehead atoms. The molecule has 7 N–H and O–H groups in total. The fourth-order valence-corrected chi connectivity index (χ4v) is 3.46. The lowest BCUT2D eigenvalue weighted by Crippen LogP contribution is -2.29. The maximum Gasteiger partial charge on any atom is 0.328 e. The fourth-order valence-electron chi connectivity index (χ4n) is 2.74. The minimum atomic E-state index is -1.26. The number of nitrogens with one attached hydrogen (secondary N) is 1. The summed E-state index contributed by atoms with van der Waals surface area (Å²) in [4.78, 5) is 33.3. The molecule has 0 atom stereocenters. The van der Waals surface area contributed by atoms with Gasteiger partial charge in [-0.3, -0.25) is 4.90 Å². The molecule has 1 aliphatic heterocycles. The normalized spacial score (nSPS) is 14.2. The quantitative estimate of drug-likeness (QED) is 0.267. The fraction of sp³-hybridized carbons (Fsp3) is 0.333. The van der Waals surface area contributed by atoms with Crippen molar-refractivity contribution in [3.63, 3.8) is 0 Å². The predicted molar refractivity (Wildman–Crippen MR) is 111 cm³/mol. The smallest absolute Gasteiger partial charge is 0.328 e. The summed E-state index contributed by atoms with van der Waals surface area (Å²) in [5, 5.41) is 18.2. The summed E-state index contributed by atoms with van der Waals surface area (Å²) in [5.41, 5.74) is 13.9. The van der Waals surface area contributed by atoms with Crippen LogP contribution in [-0.2, 0) is 16.1 Å². The highest BCUT2D eigenvalue weighted by Gasteiger charge is 2.12. The van der Waals surface area contributed by atoms with Gasteiger partial charge in [-0.25, -0.2) is 14.6 Å². The van der Waals surface area contributed by atoms with Gasteiger partial charge < -0.3 is 26.7 Å². The average Bonchev–Trinajstić information content (AvgIpc) is 3.30. The van der Waals surface area contributed by atoms with E-state index in [1.807, 2.05) is 11.6 Å². The van der Waals surface area contributed by atoms with Gasteiger partial charge >= 0.3 is 11.9 Å². The molecule has 0 aliphatic carbocycles. The lowest BCUT2D eigenvalue weighted by Gasteiger charge is -2.25. The van der Waals surface area contributed by atoms with Crippen LogP contribution in [0.2, 0.25) is 0 Å². The van der Waals surface area contributed by atoms with E-state index in [9.17, 15) is 9.59 Å². The van der Waals surface area contributed by atoms with Crippen molar-refractivity contribution in [1.29, 1.82) is 0 Å². The molecule has 0 unspecified atom stereocenters. The first-order valence-corrected chi connectivity index (χ1v) is 9.80.